The number of esters is 1. The van der Waals surface area contributed by atoms with Gasteiger partial charge in [-0.3, -0.25) is 19.7 Å². The van der Waals surface area contributed by atoms with Crippen LogP contribution in [0, 0.1) is 10.1 Å². The fourth-order valence-corrected chi connectivity index (χ4v) is 2.19. The minimum Gasteiger partial charge on any atom is -0.490 e. The number of ketones is 1. The fourth-order valence-electron chi connectivity index (χ4n) is 2.19. The first-order valence-electron chi connectivity index (χ1n) is 7.72. The molecule has 0 radical (unpaired) electrons. The molecule has 0 atom stereocenters. The van der Waals surface area contributed by atoms with E-state index in [-0.39, 0.29) is 17.1 Å². The van der Waals surface area contributed by atoms with Crippen LogP contribution in [0.2, 0.25) is 0 Å². The normalized spacial score (nSPS) is 10.0. The lowest BCUT2D eigenvalue weighted by molar-refractivity contribution is -0.385. The maximum absolute atomic E-state index is 12.0. The second kappa shape index (κ2) is 8.56. The van der Waals surface area contributed by atoms with Crippen LogP contribution in [0.15, 0.2) is 42.5 Å². The number of nitrogens with zero attached hydrogens (tertiary/aromatic N) is 1. The van der Waals surface area contributed by atoms with Crippen molar-refractivity contribution in [1.82, 2.24) is 0 Å². The summed E-state index contributed by atoms with van der Waals surface area (Å²) in [6.07, 6.45) is 0. The van der Waals surface area contributed by atoms with Crippen molar-refractivity contribution in [3.8, 4) is 5.75 Å². The highest BCUT2D eigenvalue weighted by molar-refractivity contribution is 5.98. The van der Waals surface area contributed by atoms with E-state index >= 15 is 0 Å². The molecule has 0 saturated carbocycles. The smallest absolute Gasteiger partial charge is 0.338 e. The molecule has 27 heavy (non-hydrogen) atoms. The molecule has 0 spiro atoms. The average molecular weight is 372 g/mol. The number of nitro benzene ring substituents is 1. The highest BCUT2D eigenvalue weighted by Gasteiger charge is 2.19. The van der Waals surface area contributed by atoms with Gasteiger partial charge in [-0.25, -0.2) is 4.79 Å². The van der Waals surface area contributed by atoms with Gasteiger partial charge in [-0.2, -0.15) is 0 Å². The Morgan fingerprint density at radius 2 is 1.85 bits per heavy atom. The number of anilines is 1. The summed E-state index contributed by atoms with van der Waals surface area (Å²) in [4.78, 5) is 45.5. The largest absolute Gasteiger partial charge is 0.490 e. The number of rotatable bonds is 7. The highest BCUT2D eigenvalue weighted by Crippen LogP contribution is 2.27. The van der Waals surface area contributed by atoms with Crippen LogP contribution in [0.1, 0.15) is 27.6 Å². The van der Waals surface area contributed by atoms with E-state index in [0.29, 0.717) is 11.3 Å². The van der Waals surface area contributed by atoms with Crippen LogP contribution < -0.4 is 10.1 Å². The lowest BCUT2D eigenvalue weighted by Gasteiger charge is -2.08. The molecule has 0 bridgehead atoms. The summed E-state index contributed by atoms with van der Waals surface area (Å²) in [6, 6.07) is 9.86. The van der Waals surface area contributed by atoms with Crippen LogP contribution in [-0.2, 0) is 9.53 Å². The molecule has 2 rings (SSSR count). The van der Waals surface area contributed by atoms with Gasteiger partial charge < -0.3 is 14.8 Å². The Balaban J connectivity index is 2.00. The van der Waals surface area contributed by atoms with E-state index < -0.39 is 29.1 Å². The zero-order valence-corrected chi connectivity index (χ0v) is 14.6. The first-order chi connectivity index (χ1) is 12.8. The Bertz CT molecular complexity index is 908. The molecule has 2 aromatic rings. The van der Waals surface area contributed by atoms with Gasteiger partial charge in [-0.15, -0.1) is 0 Å². The van der Waals surface area contributed by atoms with Gasteiger partial charge in [0.05, 0.1) is 17.6 Å². The van der Waals surface area contributed by atoms with E-state index in [2.05, 4.69) is 5.32 Å². The van der Waals surface area contributed by atoms with Crippen molar-refractivity contribution >= 4 is 29.0 Å². The number of hydrogen-bond donors (Lipinski definition) is 1. The summed E-state index contributed by atoms with van der Waals surface area (Å²) in [5, 5.41) is 13.5. The van der Waals surface area contributed by atoms with Crippen molar-refractivity contribution < 1.29 is 28.8 Å². The van der Waals surface area contributed by atoms with Gasteiger partial charge in [0.1, 0.15) is 0 Å². The van der Waals surface area contributed by atoms with Crippen LogP contribution in [0.25, 0.3) is 0 Å². The van der Waals surface area contributed by atoms with E-state index in [1.807, 2.05) is 0 Å². The Kier molecular flexibility index (Phi) is 6.21. The van der Waals surface area contributed by atoms with Gasteiger partial charge in [-0.1, -0.05) is 12.1 Å². The second-order valence-corrected chi connectivity index (χ2v) is 5.41. The maximum atomic E-state index is 12.0. The van der Waals surface area contributed by atoms with E-state index in [4.69, 9.17) is 9.47 Å². The predicted octanol–water partition coefficient (Wildman–Crippen LogP) is 2.60. The second-order valence-electron chi connectivity index (χ2n) is 5.41. The number of amides is 1. The van der Waals surface area contributed by atoms with Gasteiger partial charge in [-0.05, 0) is 31.2 Å². The molecule has 0 unspecified atom stereocenters. The molecule has 2 aromatic carbocycles. The molecule has 9 heteroatoms. The molecule has 0 heterocycles. The number of nitrogens with one attached hydrogen (secondary N) is 1. The van der Waals surface area contributed by atoms with E-state index in [0.717, 1.165) is 6.07 Å². The van der Waals surface area contributed by atoms with Gasteiger partial charge in [0.15, 0.2) is 18.1 Å². The van der Waals surface area contributed by atoms with E-state index in [1.165, 1.54) is 32.2 Å². The van der Waals surface area contributed by atoms with Crippen molar-refractivity contribution in [2.45, 2.75) is 6.92 Å². The number of Topliss-reactive ketones (excluding diaryl/α,β-unsaturated/α-hetero) is 1. The molecule has 1 amide bonds. The Hall–Kier alpha value is -3.75. The average Bonchev–Trinajstić information content (AvgIpc) is 2.65. The molecule has 0 saturated heterocycles. The summed E-state index contributed by atoms with van der Waals surface area (Å²) in [7, 11) is 1.27. The zero-order valence-electron chi connectivity index (χ0n) is 14.6. The number of hydrogen-bond acceptors (Lipinski definition) is 7. The predicted molar refractivity (Wildman–Crippen MR) is 95.0 cm³/mol. The lowest BCUT2D eigenvalue weighted by atomic mass is 10.1. The minimum absolute atomic E-state index is 0.000328. The van der Waals surface area contributed by atoms with Gasteiger partial charge in [0, 0.05) is 17.3 Å². The van der Waals surface area contributed by atoms with Crippen LogP contribution in [0.3, 0.4) is 0 Å². The molecular weight excluding hydrogens is 356 g/mol. The van der Waals surface area contributed by atoms with Gasteiger partial charge in [0.2, 0.25) is 0 Å². The molecule has 9 nitrogen and oxygen atoms in total. The maximum Gasteiger partial charge on any atom is 0.338 e. The first-order valence-corrected chi connectivity index (χ1v) is 7.72. The standard InChI is InChI=1S/C18H16N2O7/c1-11(21)12-4-3-5-14(8-12)19-17(22)10-27-18(23)13-6-7-16(26-2)15(9-13)20(24)25/h3-9H,10H2,1-2H3,(H,19,22). The van der Waals surface area contributed by atoms with Gasteiger partial charge in [0.25, 0.3) is 5.91 Å². The van der Waals surface area contributed by atoms with Crippen molar-refractivity contribution in [2.75, 3.05) is 19.0 Å². The topological polar surface area (TPSA) is 125 Å². The third-order valence-electron chi connectivity index (χ3n) is 3.50. The summed E-state index contributed by atoms with van der Waals surface area (Å²) in [5.41, 5.74) is 0.325. The molecule has 0 fully saturated rings. The monoisotopic (exact) mass is 372 g/mol. The molecule has 0 aliphatic carbocycles. The number of carbonyl (C=O) groups excluding carboxylic acids is 3. The van der Waals surface area contributed by atoms with Crippen molar-refractivity contribution in [1.29, 1.82) is 0 Å². The SMILES string of the molecule is COc1ccc(C(=O)OCC(=O)Nc2cccc(C(C)=O)c2)cc1[N+](=O)[O-]. The summed E-state index contributed by atoms with van der Waals surface area (Å²) in [5.74, 6) is -1.67. The summed E-state index contributed by atoms with van der Waals surface area (Å²) in [6.45, 7) is 0.805. The molecule has 140 valence electrons. The first kappa shape index (κ1) is 19.6. The number of nitro groups is 1. The molecule has 1 N–H and O–H groups in total. The Morgan fingerprint density at radius 1 is 1.11 bits per heavy atom. The third-order valence-corrected chi connectivity index (χ3v) is 3.50. The molecule has 0 aromatic heterocycles. The van der Waals surface area contributed by atoms with Crippen molar-refractivity contribution in [3.05, 3.63) is 63.7 Å². The van der Waals surface area contributed by atoms with Crippen LogP contribution in [-0.4, -0.2) is 36.3 Å². The third kappa shape index (κ3) is 5.11. The zero-order chi connectivity index (χ0) is 20.0. The van der Waals surface area contributed by atoms with Crippen molar-refractivity contribution in [2.24, 2.45) is 0 Å². The van der Waals surface area contributed by atoms with Crippen LogP contribution in [0.4, 0.5) is 11.4 Å². The lowest BCUT2D eigenvalue weighted by Crippen LogP contribution is -2.21. The molecule has 0 aliphatic rings. The summed E-state index contributed by atoms with van der Waals surface area (Å²) >= 11 is 0. The van der Waals surface area contributed by atoms with Crippen LogP contribution in [0.5, 0.6) is 5.75 Å². The minimum atomic E-state index is -0.895. The highest BCUT2D eigenvalue weighted by atomic mass is 16.6. The number of carbonyl (C=O) groups is 3. The van der Waals surface area contributed by atoms with Crippen molar-refractivity contribution in [3.63, 3.8) is 0 Å². The Morgan fingerprint density at radius 3 is 2.48 bits per heavy atom. The number of ether oxygens (including phenoxy) is 2. The number of benzene rings is 2. The van der Waals surface area contributed by atoms with E-state index in [1.54, 1.807) is 18.2 Å². The number of methoxy groups -OCH3 is 1. The quantitative estimate of drug-likeness (QED) is 0.343. The fraction of sp³-hybridized carbons (Fsp3) is 0.167. The van der Waals surface area contributed by atoms with E-state index in [9.17, 15) is 24.5 Å². The molecular formula is C18H16N2O7. The summed E-state index contributed by atoms with van der Waals surface area (Å²) < 4.78 is 9.72. The van der Waals surface area contributed by atoms with Gasteiger partial charge >= 0.3 is 11.7 Å². The Labute approximate surface area is 154 Å². The van der Waals surface area contributed by atoms with Crippen LogP contribution >= 0.6 is 0 Å². The molecule has 0 aliphatic heterocycles.